The number of ether oxygens (including phenoxy) is 6. The van der Waals surface area contributed by atoms with Crippen molar-refractivity contribution in [1.29, 1.82) is 0 Å². The molecule has 0 bridgehead atoms. The number of nitrogens with one attached hydrogen (secondary N) is 1. The van der Waals surface area contributed by atoms with Gasteiger partial charge in [0.25, 0.3) is 0 Å². The summed E-state index contributed by atoms with van der Waals surface area (Å²) in [5.74, 6) is -0.270. The zero-order chi connectivity index (χ0) is 72.5. The number of unbranched alkanes of at least 4 members (excludes halogenated alkanes) is 43. The Morgan fingerprint density at radius 1 is 0.360 bits per heavy atom. The highest BCUT2D eigenvalue weighted by Gasteiger charge is 2.54. The van der Waals surface area contributed by atoms with E-state index in [0.29, 0.717) is 6.42 Å². The zero-order valence-electron chi connectivity index (χ0n) is 62.7. The standard InChI is InChI=1S/C81H149NO18/c1-3-5-7-9-11-13-15-17-19-21-22-23-24-25-26-27-28-29-30-31-32-33-34-35-36-37-38-39-40-41-42-43-45-47-49-51-53-55-57-59-69(87)82-64(65(86)58-56-54-52-50-48-46-44-20-18-16-14-12-10-8-6-4-2)63-95-79-75(93)72(90)77(67(61-84)97-79)100-81-76(94)73(91)78(68(62-85)98-81)99-80-74(92)71(89)70(88)66(60-83)96-80/h15,17,21-22,24-25,56,58,64-68,70-81,83-86,88-94H,3-14,16,18-20,23,26-55,57,59-63H2,1-2H3,(H,82,87)/b17-15-,22-21-,25-24-,58-56+. The van der Waals surface area contributed by atoms with Gasteiger partial charge < -0.3 is 89.9 Å². The van der Waals surface area contributed by atoms with Crippen LogP contribution in [-0.4, -0.2) is 193 Å². The van der Waals surface area contributed by atoms with E-state index in [1.165, 1.54) is 244 Å². The van der Waals surface area contributed by atoms with Crippen LogP contribution in [0, 0.1) is 0 Å². The molecule has 0 radical (unpaired) electrons. The molecule has 0 aromatic heterocycles. The summed E-state index contributed by atoms with van der Waals surface area (Å²) < 4.78 is 34.4. The molecule has 0 aromatic carbocycles. The van der Waals surface area contributed by atoms with Gasteiger partial charge in [-0.1, -0.05) is 313 Å². The van der Waals surface area contributed by atoms with Crippen LogP contribution < -0.4 is 5.32 Å². The van der Waals surface area contributed by atoms with Gasteiger partial charge in [0.15, 0.2) is 18.9 Å². The molecule has 3 rings (SSSR count). The van der Waals surface area contributed by atoms with E-state index in [-0.39, 0.29) is 18.9 Å². The van der Waals surface area contributed by atoms with Gasteiger partial charge in [-0.3, -0.25) is 4.79 Å². The van der Waals surface area contributed by atoms with E-state index in [0.717, 1.165) is 57.8 Å². The molecule has 586 valence electrons. The molecule has 0 spiro atoms. The van der Waals surface area contributed by atoms with Crippen LogP contribution in [0.2, 0.25) is 0 Å². The van der Waals surface area contributed by atoms with Gasteiger partial charge in [0.1, 0.15) is 73.2 Å². The summed E-state index contributed by atoms with van der Waals surface area (Å²) in [7, 11) is 0. The smallest absolute Gasteiger partial charge is 0.220 e. The fourth-order valence-electron chi connectivity index (χ4n) is 13.8. The van der Waals surface area contributed by atoms with E-state index in [9.17, 15) is 61.0 Å². The minimum atomic E-state index is -1.98. The van der Waals surface area contributed by atoms with Crippen molar-refractivity contribution in [1.82, 2.24) is 5.32 Å². The van der Waals surface area contributed by atoms with Crippen LogP contribution in [0.4, 0.5) is 0 Å². The lowest BCUT2D eigenvalue weighted by molar-refractivity contribution is -0.379. The monoisotopic (exact) mass is 1420 g/mol. The number of hydrogen-bond donors (Lipinski definition) is 12. The van der Waals surface area contributed by atoms with Crippen molar-refractivity contribution >= 4 is 5.91 Å². The topological polar surface area (TPSA) is 307 Å². The summed E-state index contributed by atoms with van der Waals surface area (Å²) in [6.45, 7) is 1.75. The van der Waals surface area contributed by atoms with Crippen LogP contribution in [0.5, 0.6) is 0 Å². The SMILES string of the molecule is CCCCCCC/C=C\C/C=C\C/C=C\CCCCCCCCCCCCCCCCCCCCCCCCCCC(=O)NC(COC1OC(CO)C(OC2OC(CO)C(OC3OC(CO)C(O)C(O)C3O)C(O)C2O)C(O)C1O)C(O)/C=C/CCCCCCCCCCCCCCCC. The highest BCUT2D eigenvalue weighted by atomic mass is 16.8. The molecule has 0 aromatic rings. The average Bonchev–Trinajstić information content (AvgIpc) is 0.784. The highest BCUT2D eigenvalue weighted by Crippen LogP contribution is 2.33. The molecule has 1 amide bonds. The van der Waals surface area contributed by atoms with Gasteiger partial charge >= 0.3 is 0 Å². The highest BCUT2D eigenvalue weighted by molar-refractivity contribution is 5.76. The molecular formula is C81H149NO18. The molecule has 12 N–H and O–H groups in total. The van der Waals surface area contributed by atoms with E-state index >= 15 is 0 Å². The van der Waals surface area contributed by atoms with Crippen molar-refractivity contribution in [3.05, 3.63) is 48.6 Å². The molecule has 17 unspecified atom stereocenters. The van der Waals surface area contributed by atoms with E-state index in [4.69, 9.17) is 28.4 Å². The van der Waals surface area contributed by atoms with E-state index in [2.05, 4.69) is 55.6 Å². The Labute approximate surface area is 605 Å². The fourth-order valence-corrected chi connectivity index (χ4v) is 13.8. The van der Waals surface area contributed by atoms with Gasteiger partial charge in [0.05, 0.1) is 38.6 Å². The Hall–Kier alpha value is -2.25. The summed E-state index contributed by atoms with van der Waals surface area (Å²) in [4.78, 5) is 13.5. The predicted octanol–water partition coefficient (Wildman–Crippen LogP) is 13.7. The lowest BCUT2D eigenvalue weighted by Crippen LogP contribution is -2.66. The van der Waals surface area contributed by atoms with Gasteiger partial charge in [0.2, 0.25) is 5.91 Å². The third-order valence-corrected chi connectivity index (χ3v) is 20.4. The molecule has 3 heterocycles. The van der Waals surface area contributed by atoms with Crippen molar-refractivity contribution in [2.45, 2.75) is 433 Å². The number of hydrogen-bond acceptors (Lipinski definition) is 18. The first kappa shape index (κ1) is 92.0. The molecule has 17 atom stereocenters. The molecular weight excluding hydrogens is 1270 g/mol. The lowest BCUT2D eigenvalue weighted by atomic mass is 9.96. The van der Waals surface area contributed by atoms with E-state index in [1.807, 2.05) is 6.08 Å². The Morgan fingerprint density at radius 2 is 0.660 bits per heavy atom. The molecule has 3 saturated heterocycles. The third-order valence-electron chi connectivity index (χ3n) is 20.4. The van der Waals surface area contributed by atoms with Gasteiger partial charge in [-0.2, -0.15) is 0 Å². The first-order valence-corrected chi connectivity index (χ1v) is 40.9. The number of carbonyl (C=O) groups excluding carboxylic acids is 1. The van der Waals surface area contributed by atoms with Gasteiger partial charge in [-0.25, -0.2) is 0 Å². The number of aliphatic hydroxyl groups is 11. The summed E-state index contributed by atoms with van der Waals surface area (Å²) in [6, 6.07) is -0.972. The molecule has 19 heteroatoms. The Balaban J connectivity index is 1.30. The first-order valence-electron chi connectivity index (χ1n) is 40.9. The third kappa shape index (κ3) is 41.6. The summed E-state index contributed by atoms with van der Waals surface area (Å²) in [5, 5.41) is 121. The Morgan fingerprint density at radius 3 is 1.03 bits per heavy atom. The fraction of sp³-hybridized carbons (Fsp3) is 0.889. The van der Waals surface area contributed by atoms with Crippen molar-refractivity contribution < 1.29 is 89.4 Å². The number of aliphatic hydroxyl groups excluding tert-OH is 11. The number of carbonyl (C=O) groups is 1. The van der Waals surface area contributed by atoms with Gasteiger partial charge in [-0.05, 0) is 57.8 Å². The Bertz CT molecular complexity index is 1990. The minimum Gasteiger partial charge on any atom is -0.394 e. The van der Waals surface area contributed by atoms with Crippen molar-refractivity contribution in [2.24, 2.45) is 0 Å². The second-order valence-electron chi connectivity index (χ2n) is 29.2. The molecule has 3 aliphatic heterocycles. The maximum absolute atomic E-state index is 13.5. The van der Waals surface area contributed by atoms with Crippen LogP contribution in [0.1, 0.15) is 328 Å². The first-order chi connectivity index (χ1) is 48.8. The number of amides is 1. The van der Waals surface area contributed by atoms with Crippen LogP contribution >= 0.6 is 0 Å². The molecule has 0 saturated carbocycles. The molecule has 100 heavy (non-hydrogen) atoms. The quantitative estimate of drug-likeness (QED) is 0.0199. The van der Waals surface area contributed by atoms with E-state index < -0.39 is 124 Å². The normalized spacial score (nSPS) is 26.7. The van der Waals surface area contributed by atoms with Gasteiger partial charge in [-0.15, -0.1) is 0 Å². The zero-order valence-corrected chi connectivity index (χ0v) is 62.7. The maximum atomic E-state index is 13.5. The van der Waals surface area contributed by atoms with Crippen LogP contribution in [0.3, 0.4) is 0 Å². The second kappa shape index (κ2) is 61.9. The predicted molar refractivity (Wildman–Crippen MR) is 397 cm³/mol. The molecule has 3 aliphatic rings. The van der Waals surface area contributed by atoms with Crippen LogP contribution in [-0.2, 0) is 33.2 Å². The Kier molecular flexibility index (Phi) is 56.9. The number of rotatable bonds is 65. The second-order valence-corrected chi connectivity index (χ2v) is 29.2. The molecule has 3 fully saturated rings. The van der Waals surface area contributed by atoms with Crippen LogP contribution in [0.15, 0.2) is 48.6 Å². The van der Waals surface area contributed by atoms with Crippen molar-refractivity contribution in [3.8, 4) is 0 Å². The largest absolute Gasteiger partial charge is 0.394 e. The number of allylic oxidation sites excluding steroid dienone is 7. The lowest BCUT2D eigenvalue weighted by Gasteiger charge is -2.48. The molecule has 0 aliphatic carbocycles. The summed E-state index contributed by atoms with van der Waals surface area (Å²) >= 11 is 0. The van der Waals surface area contributed by atoms with Crippen molar-refractivity contribution in [3.63, 3.8) is 0 Å². The maximum Gasteiger partial charge on any atom is 0.220 e. The summed E-state index contributed by atoms with van der Waals surface area (Å²) in [5.41, 5.74) is 0. The van der Waals surface area contributed by atoms with Gasteiger partial charge in [0, 0.05) is 6.42 Å². The van der Waals surface area contributed by atoms with Crippen LogP contribution in [0.25, 0.3) is 0 Å². The van der Waals surface area contributed by atoms with E-state index in [1.54, 1.807) is 6.08 Å². The average molecular weight is 1430 g/mol. The summed E-state index contributed by atoms with van der Waals surface area (Å²) in [6.07, 6.45) is 51.2. The molecule has 19 nitrogen and oxygen atoms in total. The van der Waals surface area contributed by atoms with Crippen molar-refractivity contribution in [2.75, 3.05) is 26.4 Å². The minimum absolute atomic E-state index is 0.247.